The van der Waals surface area contributed by atoms with E-state index >= 15 is 0 Å². The molecule has 1 aliphatic rings. The Morgan fingerprint density at radius 2 is 2.31 bits per heavy atom. The van der Waals surface area contributed by atoms with Gasteiger partial charge in [-0.15, -0.1) is 0 Å². The van der Waals surface area contributed by atoms with Crippen LogP contribution in [0.5, 0.6) is 0 Å². The molecule has 0 bridgehead atoms. The maximum absolute atomic E-state index is 11.7. The van der Waals surface area contributed by atoms with E-state index in [4.69, 9.17) is 0 Å². The Bertz CT molecular complexity index is 607. The van der Waals surface area contributed by atoms with Gasteiger partial charge in [0, 0.05) is 12.6 Å². The van der Waals surface area contributed by atoms with Crippen molar-refractivity contribution >= 4 is 17.0 Å². The Balaban J connectivity index is 2.12. The van der Waals surface area contributed by atoms with Crippen LogP contribution in [-0.4, -0.2) is 25.3 Å². The minimum absolute atomic E-state index is 0.0994. The molecule has 2 aromatic heterocycles. The number of aromatic nitrogens is 4. The second kappa shape index (κ2) is 2.84. The second-order valence-electron chi connectivity index (χ2n) is 4.61. The summed E-state index contributed by atoms with van der Waals surface area (Å²) in [4.78, 5) is 18.8. The summed E-state index contributed by atoms with van der Waals surface area (Å²) in [6.07, 6.45) is 3.75. The fourth-order valence-electron chi connectivity index (χ4n) is 1.69. The lowest BCUT2D eigenvalue weighted by Crippen LogP contribution is -2.21. The molecule has 0 aliphatic heterocycles. The summed E-state index contributed by atoms with van der Waals surface area (Å²) in [7, 11) is 1.78. The van der Waals surface area contributed by atoms with Gasteiger partial charge in [-0.1, -0.05) is 0 Å². The molecule has 16 heavy (non-hydrogen) atoms. The number of H-pyrrole nitrogens is 1. The molecular formula is C10H13N5O. The molecule has 1 fully saturated rings. The molecule has 0 amide bonds. The molecule has 0 unspecified atom stereocenters. The van der Waals surface area contributed by atoms with Crippen LogP contribution in [0.3, 0.4) is 0 Å². The lowest BCUT2D eigenvalue weighted by atomic mass is 10.3. The molecule has 0 saturated heterocycles. The van der Waals surface area contributed by atoms with E-state index in [2.05, 4.69) is 27.3 Å². The molecule has 2 heterocycles. The predicted octanol–water partition coefficient (Wildman–Crippen LogP) is 0.621. The third kappa shape index (κ3) is 1.37. The van der Waals surface area contributed by atoms with Crippen LogP contribution in [0.2, 0.25) is 0 Å². The number of anilines is 1. The smallest absolute Gasteiger partial charge is 0.263 e. The van der Waals surface area contributed by atoms with Crippen molar-refractivity contribution in [2.24, 2.45) is 7.05 Å². The zero-order valence-electron chi connectivity index (χ0n) is 9.24. The minimum Gasteiger partial charge on any atom is -0.351 e. The lowest BCUT2D eigenvalue weighted by Gasteiger charge is -2.11. The van der Waals surface area contributed by atoms with Crippen LogP contribution in [0.25, 0.3) is 11.0 Å². The van der Waals surface area contributed by atoms with Crippen LogP contribution in [0.15, 0.2) is 11.0 Å². The Morgan fingerprint density at radius 1 is 1.56 bits per heavy atom. The SMILES string of the molecule is Cn1ncc2c(=O)[nH]c(NC3(C)CC3)nc21. The highest BCUT2D eigenvalue weighted by Crippen LogP contribution is 2.37. The van der Waals surface area contributed by atoms with E-state index in [1.54, 1.807) is 11.7 Å². The van der Waals surface area contributed by atoms with Crippen LogP contribution >= 0.6 is 0 Å². The van der Waals surface area contributed by atoms with E-state index in [0.717, 1.165) is 12.8 Å². The predicted molar refractivity (Wildman–Crippen MR) is 60.4 cm³/mol. The minimum atomic E-state index is -0.148. The maximum Gasteiger partial charge on any atom is 0.263 e. The van der Waals surface area contributed by atoms with E-state index in [1.807, 2.05) is 0 Å². The molecule has 6 nitrogen and oxygen atoms in total. The molecule has 0 spiro atoms. The Hall–Kier alpha value is -1.85. The summed E-state index contributed by atoms with van der Waals surface area (Å²) in [5.74, 6) is 0.529. The molecule has 0 radical (unpaired) electrons. The highest BCUT2D eigenvalue weighted by atomic mass is 16.1. The molecule has 2 aromatic rings. The molecule has 1 aliphatic carbocycles. The molecule has 3 rings (SSSR count). The second-order valence-corrected chi connectivity index (χ2v) is 4.61. The van der Waals surface area contributed by atoms with Gasteiger partial charge in [0.15, 0.2) is 5.65 Å². The summed E-state index contributed by atoms with van der Waals surface area (Å²) in [6.45, 7) is 2.11. The van der Waals surface area contributed by atoms with Gasteiger partial charge in [-0.05, 0) is 19.8 Å². The summed E-state index contributed by atoms with van der Waals surface area (Å²) >= 11 is 0. The zero-order valence-corrected chi connectivity index (χ0v) is 9.24. The van der Waals surface area contributed by atoms with Crippen LogP contribution < -0.4 is 10.9 Å². The van der Waals surface area contributed by atoms with Crippen molar-refractivity contribution in [2.45, 2.75) is 25.3 Å². The maximum atomic E-state index is 11.7. The number of rotatable bonds is 2. The largest absolute Gasteiger partial charge is 0.351 e. The highest BCUT2D eigenvalue weighted by molar-refractivity contribution is 5.74. The van der Waals surface area contributed by atoms with Crippen molar-refractivity contribution in [1.29, 1.82) is 0 Å². The number of nitrogens with zero attached hydrogens (tertiary/aromatic N) is 3. The van der Waals surface area contributed by atoms with Crippen LogP contribution in [0, 0.1) is 0 Å². The quantitative estimate of drug-likeness (QED) is 0.776. The number of aryl methyl sites for hydroxylation is 1. The highest BCUT2D eigenvalue weighted by Gasteiger charge is 2.37. The van der Waals surface area contributed by atoms with Gasteiger partial charge in [-0.2, -0.15) is 10.1 Å². The van der Waals surface area contributed by atoms with Gasteiger partial charge in [-0.3, -0.25) is 14.5 Å². The molecule has 2 N–H and O–H groups in total. The average Bonchev–Trinajstić information content (AvgIpc) is 2.81. The van der Waals surface area contributed by atoms with Crippen LogP contribution in [0.4, 0.5) is 5.95 Å². The van der Waals surface area contributed by atoms with E-state index in [-0.39, 0.29) is 11.1 Å². The fraction of sp³-hybridized carbons (Fsp3) is 0.500. The Morgan fingerprint density at radius 3 is 3.00 bits per heavy atom. The first-order valence-electron chi connectivity index (χ1n) is 5.28. The van der Waals surface area contributed by atoms with Gasteiger partial charge in [0.1, 0.15) is 5.39 Å². The van der Waals surface area contributed by atoms with Gasteiger partial charge in [0.2, 0.25) is 5.95 Å². The summed E-state index contributed by atoms with van der Waals surface area (Å²) in [5, 5.41) is 7.77. The average molecular weight is 219 g/mol. The molecule has 84 valence electrons. The van der Waals surface area contributed by atoms with Crippen LogP contribution in [-0.2, 0) is 7.05 Å². The fourth-order valence-corrected chi connectivity index (χ4v) is 1.69. The van der Waals surface area contributed by atoms with Gasteiger partial charge in [0.05, 0.1) is 6.20 Å². The number of nitrogens with one attached hydrogen (secondary N) is 2. The first-order valence-corrected chi connectivity index (χ1v) is 5.28. The first kappa shape index (κ1) is 9.38. The van der Waals surface area contributed by atoms with Gasteiger partial charge in [0.25, 0.3) is 5.56 Å². The molecule has 6 heteroatoms. The van der Waals surface area contributed by atoms with Gasteiger partial charge >= 0.3 is 0 Å². The summed E-state index contributed by atoms with van der Waals surface area (Å²) in [6, 6.07) is 0. The molecule has 0 atom stereocenters. The summed E-state index contributed by atoms with van der Waals surface area (Å²) in [5.41, 5.74) is 0.558. The van der Waals surface area contributed by atoms with Gasteiger partial charge in [-0.25, -0.2) is 0 Å². The van der Waals surface area contributed by atoms with Crippen molar-refractivity contribution in [1.82, 2.24) is 19.7 Å². The monoisotopic (exact) mass is 219 g/mol. The van der Waals surface area contributed by atoms with Gasteiger partial charge < -0.3 is 5.32 Å². The number of hydrogen-bond donors (Lipinski definition) is 2. The normalized spacial score (nSPS) is 17.6. The zero-order chi connectivity index (χ0) is 11.3. The molecule has 1 saturated carbocycles. The third-order valence-electron chi connectivity index (χ3n) is 3.02. The Labute approximate surface area is 91.7 Å². The topological polar surface area (TPSA) is 75.6 Å². The standard InChI is InChI=1S/C10H13N5O/c1-10(3-4-10)14-9-12-7-6(8(16)13-9)5-11-15(7)2/h5H,3-4H2,1-2H3,(H2,12,13,14,16). The van der Waals surface area contributed by atoms with Crippen molar-refractivity contribution in [3.8, 4) is 0 Å². The number of aromatic amines is 1. The van der Waals surface area contributed by atoms with Crippen LogP contribution in [0.1, 0.15) is 19.8 Å². The summed E-state index contributed by atoms with van der Waals surface area (Å²) < 4.78 is 1.60. The van der Waals surface area contributed by atoms with Crippen molar-refractivity contribution in [2.75, 3.05) is 5.32 Å². The van der Waals surface area contributed by atoms with E-state index < -0.39 is 0 Å². The number of fused-ring (bicyclic) bond motifs is 1. The lowest BCUT2D eigenvalue weighted by molar-refractivity contribution is 0.778. The van der Waals surface area contributed by atoms with E-state index in [9.17, 15) is 4.79 Å². The Kier molecular flexibility index (Phi) is 1.66. The third-order valence-corrected chi connectivity index (χ3v) is 3.02. The first-order chi connectivity index (χ1) is 7.57. The van der Waals surface area contributed by atoms with Crippen molar-refractivity contribution < 1.29 is 0 Å². The van der Waals surface area contributed by atoms with E-state index in [0.29, 0.717) is 17.0 Å². The van der Waals surface area contributed by atoms with Crippen molar-refractivity contribution in [3.05, 3.63) is 16.6 Å². The van der Waals surface area contributed by atoms with Crippen molar-refractivity contribution in [3.63, 3.8) is 0 Å². The van der Waals surface area contributed by atoms with E-state index in [1.165, 1.54) is 6.20 Å². The number of hydrogen-bond acceptors (Lipinski definition) is 4. The molecular weight excluding hydrogens is 206 g/mol. The molecule has 0 aromatic carbocycles.